The predicted molar refractivity (Wildman–Crippen MR) is 151 cm³/mol. The van der Waals surface area contributed by atoms with Crippen LogP contribution in [0.5, 0.6) is 0 Å². The number of aliphatic hydroxyl groups is 7. The summed E-state index contributed by atoms with van der Waals surface area (Å²) in [4.78, 5) is 0. The molecule has 2 fully saturated rings. The second-order valence-corrected chi connectivity index (χ2v) is 11.9. The van der Waals surface area contributed by atoms with Crippen LogP contribution in [0.15, 0.2) is 41.4 Å². The van der Waals surface area contributed by atoms with E-state index in [0.29, 0.717) is 5.03 Å². The quantitative estimate of drug-likeness (QED) is 0.190. The molecule has 0 unspecified atom stereocenters. The molecule has 13 heteroatoms. The van der Waals surface area contributed by atoms with Gasteiger partial charge in [0.1, 0.15) is 65.0 Å². The Balaban J connectivity index is 1.39. The first-order chi connectivity index (χ1) is 20.0. The van der Waals surface area contributed by atoms with E-state index in [1.54, 1.807) is 0 Å². The molecule has 7 N–H and O–H groups in total. The van der Waals surface area contributed by atoms with E-state index in [9.17, 15) is 35.7 Å². The fourth-order valence-corrected chi connectivity index (χ4v) is 6.78. The third kappa shape index (κ3) is 5.79. The smallest absolute Gasteiger partial charge is 0.187 e. The third-order valence-electron chi connectivity index (χ3n) is 7.76. The van der Waals surface area contributed by atoms with Gasteiger partial charge in [-0.1, -0.05) is 53.7 Å². The molecule has 228 valence electrons. The molecule has 2 aromatic carbocycles. The van der Waals surface area contributed by atoms with Crippen LogP contribution in [0, 0.1) is 20.8 Å². The molecular formula is C29H36N2O10S. The van der Waals surface area contributed by atoms with Gasteiger partial charge in [-0.3, -0.25) is 0 Å². The largest absolute Gasteiger partial charge is 0.394 e. The van der Waals surface area contributed by atoms with Crippen LogP contribution >= 0.6 is 11.8 Å². The predicted octanol–water partition coefficient (Wildman–Crippen LogP) is -0.0617. The van der Waals surface area contributed by atoms with Crippen molar-refractivity contribution in [2.75, 3.05) is 13.2 Å². The number of benzene rings is 2. The number of thioether (sulfide) groups is 1. The van der Waals surface area contributed by atoms with E-state index < -0.39 is 73.8 Å². The highest BCUT2D eigenvalue weighted by Gasteiger charge is 2.50. The highest BCUT2D eigenvalue weighted by atomic mass is 32.2. The summed E-state index contributed by atoms with van der Waals surface area (Å²) in [6, 6.07) is 11.8. The molecule has 3 heterocycles. The van der Waals surface area contributed by atoms with E-state index in [1.165, 1.54) is 0 Å². The SMILES string of the molecule is Cc1cc(C)c(-c2nnc(S[C@@H]3O[C@H](CO)[C@@H](O[C@@H]4O[C@H](CO)[C@H](O)[C@H](O)[C@H]4O)[C@H](O)[C@H]3O)c3ccccc23)c(C)c1. The van der Waals surface area contributed by atoms with E-state index in [0.717, 1.165) is 50.5 Å². The minimum Gasteiger partial charge on any atom is -0.394 e. The molecule has 0 saturated carbocycles. The zero-order chi connectivity index (χ0) is 30.3. The van der Waals surface area contributed by atoms with Crippen LogP contribution in [0.1, 0.15) is 16.7 Å². The summed E-state index contributed by atoms with van der Waals surface area (Å²) < 4.78 is 17.0. The van der Waals surface area contributed by atoms with E-state index in [1.807, 2.05) is 45.0 Å². The Morgan fingerprint density at radius 1 is 0.762 bits per heavy atom. The Hall–Kier alpha value is -2.27. The van der Waals surface area contributed by atoms with Gasteiger partial charge in [0.15, 0.2) is 6.29 Å². The highest BCUT2D eigenvalue weighted by molar-refractivity contribution is 8.00. The molecule has 42 heavy (non-hydrogen) atoms. The first-order valence-electron chi connectivity index (χ1n) is 13.6. The van der Waals surface area contributed by atoms with Crippen molar-refractivity contribution in [3.05, 3.63) is 53.1 Å². The third-order valence-corrected chi connectivity index (χ3v) is 8.90. The van der Waals surface area contributed by atoms with Crippen molar-refractivity contribution >= 4 is 22.5 Å². The molecule has 0 bridgehead atoms. The van der Waals surface area contributed by atoms with Gasteiger partial charge in [-0.05, 0) is 31.9 Å². The number of hydrogen-bond donors (Lipinski definition) is 7. The topological polar surface area (TPSA) is 195 Å². The minimum absolute atomic E-state index is 0.443. The van der Waals surface area contributed by atoms with Crippen LogP contribution in [0.2, 0.25) is 0 Å². The molecule has 1 aromatic heterocycles. The van der Waals surface area contributed by atoms with E-state index >= 15 is 0 Å². The molecule has 0 amide bonds. The van der Waals surface area contributed by atoms with Crippen molar-refractivity contribution in [3.8, 4) is 11.3 Å². The average Bonchev–Trinajstić information content (AvgIpc) is 2.97. The maximum Gasteiger partial charge on any atom is 0.187 e. The lowest BCUT2D eigenvalue weighted by Gasteiger charge is -2.45. The van der Waals surface area contributed by atoms with Gasteiger partial charge in [0, 0.05) is 16.3 Å². The summed E-state index contributed by atoms with van der Waals surface area (Å²) in [6.07, 6.45) is -13.6. The average molecular weight is 605 g/mol. The van der Waals surface area contributed by atoms with E-state index in [-0.39, 0.29) is 0 Å². The van der Waals surface area contributed by atoms with E-state index in [4.69, 9.17) is 14.2 Å². The van der Waals surface area contributed by atoms with Crippen LogP contribution in [0.3, 0.4) is 0 Å². The summed E-state index contributed by atoms with van der Waals surface area (Å²) in [5.74, 6) is 0. The Bertz CT molecular complexity index is 1390. The Labute approximate surface area is 246 Å². The lowest BCUT2D eigenvalue weighted by molar-refractivity contribution is -0.338. The van der Waals surface area contributed by atoms with Gasteiger partial charge in [-0.15, -0.1) is 10.2 Å². The lowest BCUT2D eigenvalue weighted by atomic mass is 9.95. The summed E-state index contributed by atoms with van der Waals surface area (Å²) >= 11 is 1.03. The van der Waals surface area contributed by atoms with E-state index in [2.05, 4.69) is 22.3 Å². The Morgan fingerprint density at radius 3 is 2.05 bits per heavy atom. The molecule has 10 atom stereocenters. The maximum atomic E-state index is 11.0. The van der Waals surface area contributed by atoms with Crippen LogP contribution in [0.4, 0.5) is 0 Å². The molecule has 0 aliphatic carbocycles. The van der Waals surface area contributed by atoms with Gasteiger partial charge >= 0.3 is 0 Å². The van der Waals surface area contributed by atoms with Crippen molar-refractivity contribution in [1.29, 1.82) is 0 Å². The second-order valence-electron chi connectivity index (χ2n) is 10.8. The van der Waals surface area contributed by atoms with Crippen LogP contribution in [0.25, 0.3) is 22.0 Å². The van der Waals surface area contributed by atoms with Crippen LogP contribution in [-0.2, 0) is 14.2 Å². The molecule has 2 saturated heterocycles. The van der Waals surface area contributed by atoms with Gasteiger partial charge in [0.05, 0.1) is 13.2 Å². The number of rotatable bonds is 7. The van der Waals surface area contributed by atoms with Gasteiger partial charge in [0.2, 0.25) is 0 Å². The van der Waals surface area contributed by atoms with Crippen molar-refractivity contribution in [2.24, 2.45) is 0 Å². The molecule has 5 rings (SSSR count). The summed E-state index contributed by atoms with van der Waals surface area (Å²) in [7, 11) is 0. The molecule has 2 aliphatic rings. The summed E-state index contributed by atoms with van der Waals surface area (Å²) in [5, 5.41) is 83.1. The van der Waals surface area contributed by atoms with Gasteiger partial charge in [-0.2, -0.15) is 0 Å². The molecule has 0 radical (unpaired) electrons. The number of hydrogen-bond acceptors (Lipinski definition) is 13. The number of aryl methyl sites for hydroxylation is 3. The van der Waals surface area contributed by atoms with Crippen molar-refractivity contribution in [1.82, 2.24) is 10.2 Å². The standard InChI is InChI=1S/C29H36N2O10S/c1-12-8-13(2)19(14(3)9-12)20-15-6-4-5-7-16(15)27(31-30-20)42-29-25(38)23(36)26(18(11-33)40-29)41-28-24(37)22(35)21(34)17(10-32)39-28/h4-9,17-18,21-26,28-29,32-38H,10-11H2,1-3H3/t17-,18-,21+,22+,23-,24-,25-,26-,28+,29+/m1/s1. The first-order valence-corrected chi connectivity index (χ1v) is 14.5. The number of aliphatic hydroxyl groups excluding tert-OH is 7. The summed E-state index contributed by atoms with van der Waals surface area (Å²) in [6.45, 7) is 4.80. The zero-order valence-electron chi connectivity index (χ0n) is 23.3. The van der Waals surface area contributed by atoms with Crippen LogP contribution < -0.4 is 0 Å². The van der Waals surface area contributed by atoms with Crippen molar-refractivity contribution < 1.29 is 50.0 Å². The van der Waals surface area contributed by atoms with Gasteiger partial charge in [0.25, 0.3) is 0 Å². The second kappa shape index (κ2) is 12.8. The highest BCUT2D eigenvalue weighted by Crippen LogP contribution is 2.40. The first kappa shape index (κ1) is 31.2. The number of nitrogens with zero attached hydrogens (tertiary/aromatic N) is 2. The lowest BCUT2D eigenvalue weighted by Crippen LogP contribution is -2.64. The Kier molecular flexibility index (Phi) is 9.47. The molecule has 12 nitrogen and oxygen atoms in total. The van der Waals surface area contributed by atoms with Gasteiger partial charge in [-0.25, -0.2) is 0 Å². The molecule has 0 spiro atoms. The van der Waals surface area contributed by atoms with Crippen LogP contribution in [-0.4, -0.2) is 120 Å². The Morgan fingerprint density at radius 2 is 1.40 bits per heavy atom. The fourth-order valence-electron chi connectivity index (χ4n) is 5.67. The zero-order valence-corrected chi connectivity index (χ0v) is 24.1. The molecule has 3 aromatic rings. The molecular weight excluding hydrogens is 568 g/mol. The maximum absolute atomic E-state index is 11.0. The summed E-state index contributed by atoms with van der Waals surface area (Å²) in [5.41, 5.74) is 3.90. The van der Waals surface area contributed by atoms with Crippen molar-refractivity contribution in [2.45, 2.75) is 86.4 Å². The fraction of sp³-hybridized carbons (Fsp3) is 0.517. The minimum atomic E-state index is -1.74. The van der Waals surface area contributed by atoms with Gasteiger partial charge < -0.3 is 50.0 Å². The normalized spacial score (nSPS) is 33.7. The van der Waals surface area contributed by atoms with Crippen molar-refractivity contribution in [3.63, 3.8) is 0 Å². The number of aromatic nitrogens is 2. The monoisotopic (exact) mass is 604 g/mol. The number of fused-ring (bicyclic) bond motifs is 1. The number of ether oxygens (including phenoxy) is 3. The molecule has 2 aliphatic heterocycles.